The maximum atomic E-state index is 3.72. The SMILES string of the molecule is [CH2-]c1ccccc1.[CH2-]c1ccccc1.[CH2-]c1ccccc1.[Cl-].[Zr+3]. The van der Waals surface area contributed by atoms with Gasteiger partial charge in [-0.3, -0.25) is 0 Å². The molecule has 3 rings (SSSR count). The van der Waals surface area contributed by atoms with E-state index >= 15 is 0 Å². The molecule has 0 aliphatic heterocycles. The van der Waals surface area contributed by atoms with Crippen molar-refractivity contribution in [1.82, 2.24) is 0 Å². The first-order chi connectivity index (χ1) is 10.2. The number of hydrogen-bond acceptors (Lipinski definition) is 0. The number of benzene rings is 3. The van der Waals surface area contributed by atoms with Crippen molar-refractivity contribution in [2.45, 2.75) is 0 Å². The Bertz CT molecular complexity index is 491. The molecule has 0 aliphatic rings. The van der Waals surface area contributed by atoms with E-state index in [2.05, 4.69) is 20.8 Å². The average Bonchev–Trinajstić information content (AvgIpc) is 2.51. The van der Waals surface area contributed by atoms with Crippen LogP contribution in [0, 0.1) is 20.8 Å². The molecule has 0 nitrogen and oxygen atoms in total. The standard InChI is InChI=1S/3C7H7.ClH.Zr/c3*1-7-5-3-2-4-6-7;;/h3*2-6H,1H2;1H;/q3*-1;;+3/p-1. The van der Waals surface area contributed by atoms with E-state index in [9.17, 15) is 0 Å². The summed E-state index contributed by atoms with van der Waals surface area (Å²) in [5, 5.41) is 0. The fraction of sp³-hybridized carbons (Fsp3) is 0. The van der Waals surface area contributed by atoms with E-state index in [-0.39, 0.29) is 38.6 Å². The summed E-state index contributed by atoms with van der Waals surface area (Å²) < 4.78 is 0. The van der Waals surface area contributed by atoms with Gasteiger partial charge < -0.3 is 12.4 Å². The van der Waals surface area contributed by atoms with Crippen LogP contribution in [0.3, 0.4) is 0 Å². The molecule has 0 N–H and O–H groups in total. The summed E-state index contributed by atoms with van der Waals surface area (Å²) in [5.74, 6) is 0. The molecule has 0 amide bonds. The second-order valence-electron chi connectivity index (χ2n) is 4.46. The molecule has 0 aromatic heterocycles. The number of rotatable bonds is 0. The quantitative estimate of drug-likeness (QED) is 0.510. The molecule has 0 saturated carbocycles. The van der Waals surface area contributed by atoms with Gasteiger partial charge in [0.2, 0.25) is 0 Å². The zero-order valence-corrected chi connectivity index (χ0v) is 16.4. The summed E-state index contributed by atoms with van der Waals surface area (Å²) in [6, 6.07) is 29.6. The monoisotopic (exact) mass is 398 g/mol. The van der Waals surface area contributed by atoms with E-state index in [1.807, 2.05) is 91.0 Å². The van der Waals surface area contributed by atoms with Crippen LogP contribution in [0.4, 0.5) is 0 Å². The Morgan fingerprint density at radius 3 is 0.652 bits per heavy atom. The third kappa shape index (κ3) is 13.8. The van der Waals surface area contributed by atoms with Gasteiger partial charge >= 0.3 is 26.2 Å². The molecular formula is C21H21ClZr-. The fourth-order valence-corrected chi connectivity index (χ4v) is 1.43. The first-order valence-corrected chi connectivity index (χ1v) is 6.79. The van der Waals surface area contributed by atoms with Crippen molar-refractivity contribution in [1.29, 1.82) is 0 Å². The van der Waals surface area contributed by atoms with Crippen LogP contribution in [0.1, 0.15) is 16.7 Å². The minimum atomic E-state index is 0. The molecule has 0 atom stereocenters. The van der Waals surface area contributed by atoms with Crippen LogP contribution in [0.2, 0.25) is 0 Å². The van der Waals surface area contributed by atoms with Crippen LogP contribution in [0.15, 0.2) is 91.0 Å². The molecule has 0 bridgehead atoms. The molecule has 2 heteroatoms. The van der Waals surface area contributed by atoms with Crippen molar-refractivity contribution in [2.75, 3.05) is 0 Å². The minimum absolute atomic E-state index is 0. The van der Waals surface area contributed by atoms with Crippen LogP contribution in [0.25, 0.3) is 0 Å². The number of hydrogen-bond donors (Lipinski definition) is 0. The van der Waals surface area contributed by atoms with Gasteiger partial charge in [0.25, 0.3) is 0 Å². The van der Waals surface area contributed by atoms with E-state index < -0.39 is 0 Å². The summed E-state index contributed by atoms with van der Waals surface area (Å²) in [4.78, 5) is 0. The molecule has 0 unspecified atom stereocenters. The van der Waals surface area contributed by atoms with Crippen molar-refractivity contribution >= 4 is 0 Å². The maximum absolute atomic E-state index is 3.72. The Hall–Kier alpha value is -1.56. The van der Waals surface area contributed by atoms with Crippen molar-refractivity contribution < 1.29 is 38.6 Å². The third-order valence-electron chi connectivity index (χ3n) is 2.53. The second kappa shape index (κ2) is 15.3. The first-order valence-electron chi connectivity index (χ1n) is 6.79. The van der Waals surface area contributed by atoms with Gasteiger partial charge in [0, 0.05) is 0 Å². The number of halogens is 1. The Morgan fingerprint density at radius 2 is 0.565 bits per heavy atom. The van der Waals surface area contributed by atoms with Crippen LogP contribution < -0.4 is 12.4 Å². The Kier molecular flexibility index (Phi) is 15.8. The van der Waals surface area contributed by atoms with Gasteiger partial charge in [0.1, 0.15) is 0 Å². The summed E-state index contributed by atoms with van der Waals surface area (Å²) in [6.07, 6.45) is 0. The maximum Gasteiger partial charge on any atom is 3.00 e. The largest absolute Gasteiger partial charge is 3.00 e. The second-order valence-corrected chi connectivity index (χ2v) is 4.46. The molecule has 117 valence electrons. The Balaban J connectivity index is 0. The molecule has 0 aliphatic carbocycles. The zero-order valence-electron chi connectivity index (χ0n) is 13.2. The van der Waals surface area contributed by atoms with Gasteiger partial charge in [-0.05, 0) is 0 Å². The third-order valence-corrected chi connectivity index (χ3v) is 2.53. The van der Waals surface area contributed by atoms with Crippen molar-refractivity contribution in [2.24, 2.45) is 0 Å². The first kappa shape index (κ1) is 23.7. The molecule has 0 spiro atoms. The average molecular weight is 400 g/mol. The van der Waals surface area contributed by atoms with Crippen molar-refractivity contribution in [3.63, 3.8) is 0 Å². The summed E-state index contributed by atoms with van der Waals surface area (Å²) in [7, 11) is 0. The van der Waals surface area contributed by atoms with Gasteiger partial charge in [-0.25, -0.2) is 0 Å². The molecule has 0 fully saturated rings. The topological polar surface area (TPSA) is 0 Å². The predicted octanol–water partition coefficient (Wildman–Crippen LogP) is 2.61. The van der Waals surface area contributed by atoms with Gasteiger partial charge in [-0.15, -0.1) is 36.4 Å². The normalized spacial score (nSPS) is 7.83. The summed E-state index contributed by atoms with van der Waals surface area (Å²) >= 11 is 0. The van der Waals surface area contributed by atoms with E-state index in [1.165, 1.54) is 0 Å². The summed E-state index contributed by atoms with van der Waals surface area (Å²) in [6.45, 7) is 11.2. The summed E-state index contributed by atoms with van der Waals surface area (Å²) in [5.41, 5.74) is 3.22. The van der Waals surface area contributed by atoms with E-state index in [0.717, 1.165) is 16.7 Å². The van der Waals surface area contributed by atoms with Gasteiger partial charge in [-0.1, -0.05) is 18.2 Å². The molecule has 0 saturated heterocycles. The van der Waals surface area contributed by atoms with Crippen molar-refractivity contribution in [3.05, 3.63) is 128 Å². The van der Waals surface area contributed by atoms with E-state index in [0.29, 0.717) is 0 Å². The van der Waals surface area contributed by atoms with Crippen LogP contribution in [-0.2, 0) is 26.2 Å². The molecule has 23 heavy (non-hydrogen) atoms. The van der Waals surface area contributed by atoms with E-state index in [1.54, 1.807) is 0 Å². The molecule has 3 aromatic rings. The smallest absolute Gasteiger partial charge is 1.00 e. The predicted molar refractivity (Wildman–Crippen MR) is 92.7 cm³/mol. The van der Waals surface area contributed by atoms with Crippen LogP contribution in [-0.4, -0.2) is 0 Å². The molecular weight excluding hydrogens is 379 g/mol. The van der Waals surface area contributed by atoms with Crippen LogP contribution >= 0.6 is 0 Å². The fourth-order valence-electron chi connectivity index (χ4n) is 1.43. The van der Waals surface area contributed by atoms with Gasteiger partial charge in [0.15, 0.2) is 0 Å². The van der Waals surface area contributed by atoms with Gasteiger partial charge in [0.05, 0.1) is 0 Å². The van der Waals surface area contributed by atoms with Gasteiger partial charge in [-0.2, -0.15) is 73.9 Å². The Morgan fingerprint density at radius 1 is 0.391 bits per heavy atom. The zero-order chi connectivity index (χ0) is 15.3. The van der Waals surface area contributed by atoms with E-state index in [4.69, 9.17) is 0 Å². The molecule has 1 radical (unpaired) electrons. The molecule has 0 heterocycles. The van der Waals surface area contributed by atoms with Crippen molar-refractivity contribution in [3.8, 4) is 0 Å². The minimum Gasteiger partial charge on any atom is -1.00 e. The van der Waals surface area contributed by atoms with Crippen LogP contribution in [0.5, 0.6) is 0 Å². The molecule has 3 aromatic carbocycles. The Labute approximate surface area is 166 Å².